The van der Waals surface area contributed by atoms with Gasteiger partial charge in [0.15, 0.2) is 0 Å². The first-order valence-electron chi connectivity index (χ1n) is 9.01. The average Bonchev–Trinajstić information content (AvgIpc) is 2.45. The molecule has 1 heterocycles. The van der Waals surface area contributed by atoms with Gasteiger partial charge >= 0.3 is 11.9 Å². The Kier molecular flexibility index (Phi) is 8.59. The van der Waals surface area contributed by atoms with Gasteiger partial charge in [-0.25, -0.2) is 0 Å². The van der Waals surface area contributed by atoms with Crippen molar-refractivity contribution >= 4 is 11.9 Å². The van der Waals surface area contributed by atoms with Gasteiger partial charge in [-0.05, 0) is 25.7 Å². The Labute approximate surface area is 140 Å². The predicted octanol–water partition coefficient (Wildman–Crippen LogP) is 3.19. The van der Waals surface area contributed by atoms with E-state index in [4.69, 9.17) is 15.2 Å². The Balaban J connectivity index is 2.31. The Hall–Kier alpha value is -1.10. The molecule has 2 N–H and O–H groups in total. The third-order valence-corrected chi connectivity index (χ3v) is 4.30. The number of hydrogen-bond donors (Lipinski definition) is 1. The van der Waals surface area contributed by atoms with Crippen LogP contribution >= 0.6 is 0 Å². The quantitative estimate of drug-likeness (QED) is 0.466. The molecule has 134 valence electrons. The molecule has 4 atom stereocenters. The van der Waals surface area contributed by atoms with Crippen LogP contribution in [0.1, 0.15) is 72.6 Å². The molecule has 0 unspecified atom stereocenters. The number of rotatable bonds is 11. The van der Waals surface area contributed by atoms with Crippen molar-refractivity contribution in [3.63, 3.8) is 0 Å². The molecule has 0 saturated carbocycles. The van der Waals surface area contributed by atoms with Gasteiger partial charge in [0.05, 0.1) is 5.92 Å². The molecule has 0 bridgehead atoms. The van der Waals surface area contributed by atoms with E-state index in [1.165, 1.54) is 12.8 Å². The maximum Gasteiger partial charge on any atom is 0.323 e. The van der Waals surface area contributed by atoms with Gasteiger partial charge in [0, 0.05) is 6.42 Å². The number of carbonyl (C=O) groups is 2. The Morgan fingerprint density at radius 1 is 1.26 bits per heavy atom. The molecule has 0 aromatic rings. The number of nitrogens with two attached hydrogens (primary N) is 1. The van der Waals surface area contributed by atoms with Crippen molar-refractivity contribution < 1.29 is 19.1 Å². The van der Waals surface area contributed by atoms with Crippen molar-refractivity contribution in [3.8, 4) is 0 Å². The fraction of sp³-hybridized carbons (Fsp3) is 0.889. The van der Waals surface area contributed by atoms with Gasteiger partial charge in [-0.3, -0.25) is 9.59 Å². The Morgan fingerprint density at radius 3 is 2.52 bits per heavy atom. The van der Waals surface area contributed by atoms with E-state index >= 15 is 0 Å². The van der Waals surface area contributed by atoms with Gasteiger partial charge in [0.1, 0.15) is 18.2 Å². The maximum absolute atomic E-state index is 11.9. The highest BCUT2D eigenvalue weighted by Crippen LogP contribution is 2.31. The number of unbranched alkanes of at least 4 members (excludes halogenated alkanes) is 3. The van der Waals surface area contributed by atoms with E-state index in [0.717, 1.165) is 19.3 Å². The monoisotopic (exact) mass is 327 g/mol. The second-order valence-corrected chi connectivity index (χ2v) is 7.15. The first kappa shape index (κ1) is 19.9. The van der Waals surface area contributed by atoms with Gasteiger partial charge in [0.25, 0.3) is 0 Å². The van der Waals surface area contributed by atoms with Crippen LogP contribution in [0.25, 0.3) is 0 Å². The van der Waals surface area contributed by atoms with Crippen molar-refractivity contribution in [2.45, 2.75) is 90.9 Å². The normalized spacial score (nSPS) is 23.1. The maximum atomic E-state index is 11.9. The van der Waals surface area contributed by atoms with Crippen LogP contribution in [0.5, 0.6) is 0 Å². The summed E-state index contributed by atoms with van der Waals surface area (Å²) in [5, 5.41) is 0. The zero-order valence-electron chi connectivity index (χ0n) is 15.0. The van der Waals surface area contributed by atoms with Gasteiger partial charge in [-0.15, -0.1) is 0 Å². The lowest BCUT2D eigenvalue weighted by atomic mass is 9.87. The second-order valence-electron chi connectivity index (χ2n) is 7.15. The number of carbonyl (C=O) groups excluding carboxylic acids is 2. The van der Waals surface area contributed by atoms with E-state index in [0.29, 0.717) is 18.8 Å². The van der Waals surface area contributed by atoms with Crippen molar-refractivity contribution in [2.24, 2.45) is 17.6 Å². The largest absolute Gasteiger partial charge is 0.461 e. The molecule has 1 saturated heterocycles. The minimum atomic E-state index is -0.578. The SMILES string of the molecule is CCCCCC[C@@H]1C(=O)O[C@H]1C[C@H](C)OC(=O)[C@@H](N)CC(C)C. The van der Waals surface area contributed by atoms with Gasteiger partial charge < -0.3 is 15.2 Å². The highest BCUT2D eigenvalue weighted by atomic mass is 16.6. The number of ether oxygens (including phenoxy) is 2. The van der Waals surface area contributed by atoms with Crippen molar-refractivity contribution in [3.05, 3.63) is 0 Å². The van der Waals surface area contributed by atoms with E-state index in [-0.39, 0.29) is 30.1 Å². The smallest absolute Gasteiger partial charge is 0.323 e. The van der Waals surface area contributed by atoms with Gasteiger partial charge in [0.2, 0.25) is 0 Å². The zero-order valence-corrected chi connectivity index (χ0v) is 15.0. The van der Waals surface area contributed by atoms with Crippen LogP contribution in [-0.2, 0) is 19.1 Å². The van der Waals surface area contributed by atoms with E-state index in [9.17, 15) is 9.59 Å². The molecule has 23 heavy (non-hydrogen) atoms. The lowest BCUT2D eigenvalue weighted by Gasteiger charge is -2.36. The summed E-state index contributed by atoms with van der Waals surface area (Å²) in [6, 6.07) is -0.578. The minimum absolute atomic E-state index is 0.0302. The van der Waals surface area contributed by atoms with E-state index in [1.54, 1.807) is 0 Å². The van der Waals surface area contributed by atoms with Crippen LogP contribution in [0.4, 0.5) is 0 Å². The molecule has 5 nitrogen and oxygen atoms in total. The summed E-state index contributed by atoms with van der Waals surface area (Å²) in [6.07, 6.45) is 6.24. The molecular formula is C18H33NO4. The number of esters is 2. The molecule has 1 rings (SSSR count). The van der Waals surface area contributed by atoms with Crippen LogP contribution in [0.3, 0.4) is 0 Å². The molecular weight excluding hydrogens is 294 g/mol. The summed E-state index contributed by atoms with van der Waals surface area (Å²) >= 11 is 0. The molecule has 0 radical (unpaired) electrons. The molecule has 0 spiro atoms. The molecule has 0 aliphatic carbocycles. The van der Waals surface area contributed by atoms with Crippen LogP contribution in [0.15, 0.2) is 0 Å². The average molecular weight is 327 g/mol. The summed E-state index contributed by atoms with van der Waals surface area (Å²) in [6.45, 7) is 8.04. The number of hydrogen-bond acceptors (Lipinski definition) is 5. The van der Waals surface area contributed by atoms with Crippen LogP contribution in [-0.4, -0.2) is 30.2 Å². The van der Waals surface area contributed by atoms with E-state index < -0.39 is 6.04 Å². The van der Waals surface area contributed by atoms with Crippen molar-refractivity contribution in [2.75, 3.05) is 0 Å². The lowest BCUT2D eigenvalue weighted by Crippen LogP contribution is -2.47. The van der Waals surface area contributed by atoms with E-state index in [1.807, 2.05) is 20.8 Å². The topological polar surface area (TPSA) is 78.6 Å². The van der Waals surface area contributed by atoms with Crippen molar-refractivity contribution in [1.29, 1.82) is 0 Å². The van der Waals surface area contributed by atoms with Crippen LogP contribution < -0.4 is 5.73 Å². The zero-order chi connectivity index (χ0) is 17.4. The number of cyclic esters (lactones) is 1. The highest BCUT2D eigenvalue weighted by Gasteiger charge is 2.42. The molecule has 1 aliphatic heterocycles. The fourth-order valence-electron chi connectivity index (χ4n) is 2.97. The summed E-state index contributed by atoms with van der Waals surface area (Å²) < 4.78 is 10.6. The second kappa shape index (κ2) is 9.91. The Bertz CT molecular complexity index is 383. The van der Waals surface area contributed by atoms with Gasteiger partial charge in [-0.1, -0.05) is 46.5 Å². The summed E-state index contributed by atoms with van der Waals surface area (Å²) in [7, 11) is 0. The fourth-order valence-corrected chi connectivity index (χ4v) is 2.97. The van der Waals surface area contributed by atoms with Crippen LogP contribution in [0.2, 0.25) is 0 Å². The first-order valence-corrected chi connectivity index (χ1v) is 9.01. The standard InChI is InChI=1S/C18H33NO4/c1-5-6-7-8-9-14-16(23-17(14)20)11-13(4)22-18(21)15(19)10-12(2)3/h12-16H,5-11,19H2,1-4H3/t13-,14-,15-,16-/m0/s1. The molecule has 0 amide bonds. The van der Waals surface area contributed by atoms with E-state index in [2.05, 4.69) is 6.92 Å². The Morgan fingerprint density at radius 2 is 1.96 bits per heavy atom. The third kappa shape index (κ3) is 6.90. The summed E-state index contributed by atoms with van der Waals surface area (Å²) in [5.41, 5.74) is 5.83. The van der Waals surface area contributed by atoms with Gasteiger partial charge in [-0.2, -0.15) is 0 Å². The third-order valence-electron chi connectivity index (χ3n) is 4.30. The lowest BCUT2D eigenvalue weighted by molar-refractivity contribution is -0.189. The molecule has 1 fully saturated rings. The minimum Gasteiger partial charge on any atom is -0.461 e. The predicted molar refractivity (Wildman–Crippen MR) is 89.7 cm³/mol. The summed E-state index contributed by atoms with van der Waals surface area (Å²) in [5.74, 6) is -0.150. The first-order chi connectivity index (χ1) is 10.8. The molecule has 0 aromatic heterocycles. The molecule has 0 aromatic carbocycles. The molecule has 5 heteroatoms. The summed E-state index contributed by atoms with van der Waals surface area (Å²) in [4.78, 5) is 23.5. The molecule has 1 aliphatic rings. The highest BCUT2D eigenvalue weighted by molar-refractivity contribution is 5.78. The van der Waals surface area contributed by atoms with Crippen LogP contribution in [0, 0.1) is 11.8 Å². The van der Waals surface area contributed by atoms with Crippen molar-refractivity contribution in [1.82, 2.24) is 0 Å².